The van der Waals surface area contributed by atoms with Crippen molar-refractivity contribution >= 4 is 34.8 Å². The molecule has 178 valence electrons. The number of carbonyl (C=O) groups is 1. The third kappa shape index (κ3) is 4.79. The van der Waals surface area contributed by atoms with Crippen molar-refractivity contribution in [1.29, 1.82) is 0 Å². The van der Waals surface area contributed by atoms with Gasteiger partial charge in [-0.05, 0) is 67.4 Å². The molecule has 0 spiro atoms. The molecule has 5 nitrogen and oxygen atoms in total. The Hall–Kier alpha value is -3.28. The van der Waals surface area contributed by atoms with Gasteiger partial charge in [0, 0.05) is 42.5 Å². The molecule has 1 aromatic heterocycles. The SMILES string of the molecule is Cc1ccc(-c2cc(C(=O)N3CCN(c4cccc(Cl)c4)CC3)n(-c3ccccc3Cl)n2)cc1C. The quantitative estimate of drug-likeness (QED) is 0.321. The maximum absolute atomic E-state index is 13.8. The van der Waals surface area contributed by atoms with E-state index in [0.29, 0.717) is 34.5 Å². The monoisotopic (exact) mass is 504 g/mol. The Morgan fingerprint density at radius 1 is 0.829 bits per heavy atom. The number of nitrogens with zero attached hydrogens (tertiary/aromatic N) is 4. The van der Waals surface area contributed by atoms with Gasteiger partial charge in [0.05, 0.1) is 16.4 Å². The molecule has 0 saturated carbocycles. The fourth-order valence-electron chi connectivity index (χ4n) is 4.38. The molecule has 0 N–H and O–H groups in total. The highest BCUT2D eigenvalue weighted by Crippen LogP contribution is 2.28. The predicted octanol–water partition coefficient (Wildman–Crippen LogP) is 6.43. The van der Waals surface area contributed by atoms with Crippen LogP contribution in [-0.2, 0) is 0 Å². The molecule has 0 aliphatic carbocycles. The number of amides is 1. The molecule has 0 atom stereocenters. The van der Waals surface area contributed by atoms with Gasteiger partial charge in [0.2, 0.25) is 0 Å². The van der Waals surface area contributed by atoms with E-state index < -0.39 is 0 Å². The van der Waals surface area contributed by atoms with Gasteiger partial charge in [0.1, 0.15) is 5.69 Å². The highest BCUT2D eigenvalue weighted by Gasteiger charge is 2.27. The Balaban J connectivity index is 1.46. The average molecular weight is 505 g/mol. The molecule has 0 radical (unpaired) electrons. The number of anilines is 1. The number of benzene rings is 3. The van der Waals surface area contributed by atoms with E-state index in [2.05, 4.69) is 30.9 Å². The standard InChI is InChI=1S/C28H26Cl2N4O/c1-19-10-11-21(16-20(19)2)25-18-27(34(31-25)26-9-4-3-8-24(26)30)28(35)33-14-12-32(13-15-33)23-7-5-6-22(29)17-23/h3-11,16-18H,12-15H2,1-2H3. The van der Waals surface area contributed by atoms with E-state index in [1.807, 2.05) is 65.6 Å². The van der Waals surface area contributed by atoms with Crippen LogP contribution in [-0.4, -0.2) is 46.8 Å². The number of piperazine rings is 1. The lowest BCUT2D eigenvalue weighted by Gasteiger charge is -2.36. The summed E-state index contributed by atoms with van der Waals surface area (Å²) in [7, 11) is 0. The summed E-state index contributed by atoms with van der Waals surface area (Å²) in [6, 6.07) is 23.4. The van der Waals surface area contributed by atoms with Crippen molar-refractivity contribution in [2.75, 3.05) is 31.1 Å². The van der Waals surface area contributed by atoms with Crippen LogP contribution < -0.4 is 4.90 Å². The van der Waals surface area contributed by atoms with Crippen LogP contribution in [0.15, 0.2) is 72.8 Å². The van der Waals surface area contributed by atoms with Gasteiger partial charge in [-0.25, -0.2) is 4.68 Å². The van der Waals surface area contributed by atoms with Gasteiger partial charge >= 0.3 is 0 Å². The summed E-state index contributed by atoms with van der Waals surface area (Å²) in [5.74, 6) is -0.0572. The second-order valence-electron chi connectivity index (χ2n) is 8.84. The number of aryl methyl sites for hydroxylation is 2. The number of aromatic nitrogens is 2. The predicted molar refractivity (Wildman–Crippen MR) is 143 cm³/mol. The lowest BCUT2D eigenvalue weighted by molar-refractivity contribution is 0.0737. The highest BCUT2D eigenvalue weighted by molar-refractivity contribution is 6.32. The largest absolute Gasteiger partial charge is 0.368 e. The molecular formula is C28H26Cl2N4O. The molecule has 0 bridgehead atoms. The second-order valence-corrected chi connectivity index (χ2v) is 9.68. The molecule has 1 fully saturated rings. The zero-order chi connectivity index (χ0) is 24.5. The molecule has 35 heavy (non-hydrogen) atoms. The van der Waals surface area contributed by atoms with Crippen molar-refractivity contribution in [1.82, 2.24) is 14.7 Å². The van der Waals surface area contributed by atoms with Crippen LogP contribution in [0.25, 0.3) is 16.9 Å². The maximum atomic E-state index is 13.8. The van der Waals surface area contributed by atoms with E-state index in [1.165, 1.54) is 11.1 Å². The Morgan fingerprint density at radius 2 is 1.60 bits per heavy atom. The van der Waals surface area contributed by atoms with Gasteiger partial charge in [-0.1, -0.05) is 53.5 Å². The van der Waals surface area contributed by atoms with E-state index in [1.54, 1.807) is 4.68 Å². The van der Waals surface area contributed by atoms with E-state index in [-0.39, 0.29) is 5.91 Å². The van der Waals surface area contributed by atoms with Crippen molar-refractivity contribution < 1.29 is 4.79 Å². The van der Waals surface area contributed by atoms with Crippen molar-refractivity contribution in [3.8, 4) is 16.9 Å². The van der Waals surface area contributed by atoms with E-state index in [9.17, 15) is 4.79 Å². The van der Waals surface area contributed by atoms with Gasteiger partial charge in [-0.15, -0.1) is 0 Å². The minimum atomic E-state index is -0.0572. The first-order valence-electron chi connectivity index (χ1n) is 11.6. The number of halogens is 2. The Bertz CT molecular complexity index is 1390. The minimum Gasteiger partial charge on any atom is -0.368 e. The molecule has 1 aliphatic rings. The van der Waals surface area contributed by atoms with E-state index in [4.69, 9.17) is 28.3 Å². The van der Waals surface area contributed by atoms with Gasteiger partial charge in [-0.2, -0.15) is 5.10 Å². The Labute approximate surface area is 215 Å². The van der Waals surface area contributed by atoms with Gasteiger partial charge in [-0.3, -0.25) is 4.79 Å². The molecule has 3 aromatic carbocycles. The first-order valence-corrected chi connectivity index (χ1v) is 12.4. The molecule has 7 heteroatoms. The van der Waals surface area contributed by atoms with Crippen LogP contribution in [0.5, 0.6) is 0 Å². The zero-order valence-electron chi connectivity index (χ0n) is 19.7. The molecule has 5 rings (SSSR count). The van der Waals surface area contributed by atoms with Crippen LogP contribution in [0.4, 0.5) is 5.69 Å². The highest BCUT2D eigenvalue weighted by atomic mass is 35.5. The second kappa shape index (κ2) is 9.76. The van der Waals surface area contributed by atoms with Gasteiger partial charge in [0.15, 0.2) is 0 Å². The topological polar surface area (TPSA) is 41.4 Å². The maximum Gasteiger partial charge on any atom is 0.272 e. The number of para-hydroxylation sites is 1. The van der Waals surface area contributed by atoms with Crippen molar-refractivity contribution in [2.24, 2.45) is 0 Å². The van der Waals surface area contributed by atoms with E-state index >= 15 is 0 Å². The summed E-state index contributed by atoms with van der Waals surface area (Å²) >= 11 is 12.7. The minimum absolute atomic E-state index is 0.0572. The van der Waals surface area contributed by atoms with Gasteiger partial charge < -0.3 is 9.80 Å². The lowest BCUT2D eigenvalue weighted by atomic mass is 10.0. The average Bonchev–Trinajstić information content (AvgIpc) is 3.31. The summed E-state index contributed by atoms with van der Waals surface area (Å²) in [6.45, 7) is 6.84. The van der Waals surface area contributed by atoms with Crippen molar-refractivity contribution in [3.05, 3.63) is 99.7 Å². The third-order valence-corrected chi connectivity index (χ3v) is 7.11. The molecule has 1 amide bonds. The third-order valence-electron chi connectivity index (χ3n) is 6.55. The number of hydrogen-bond donors (Lipinski definition) is 0. The molecule has 2 heterocycles. The molecule has 4 aromatic rings. The zero-order valence-corrected chi connectivity index (χ0v) is 21.2. The molecule has 1 aliphatic heterocycles. The van der Waals surface area contributed by atoms with Crippen molar-refractivity contribution in [2.45, 2.75) is 13.8 Å². The summed E-state index contributed by atoms with van der Waals surface area (Å²) in [5, 5.41) is 6.09. The van der Waals surface area contributed by atoms with E-state index in [0.717, 1.165) is 30.0 Å². The Kier molecular flexibility index (Phi) is 6.54. The fraction of sp³-hybridized carbons (Fsp3) is 0.214. The smallest absolute Gasteiger partial charge is 0.272 e. The van der Waals surface area contributed by atoms with Crippen LogP contribution >= 0.6 is 23.2 Å². The summed E-state index contributed by atoms with van der Waals surface area (Å²) < 4.78 is 1.68. The van der Waals surface area contributed by atoms with Crippen LogP contribution in [0.3, 0.4) is 0 Å². The molecule has 1 saturated heterocycles. The van der Waals surface area contributed by atoms with Crippen LogP contribution in [0, 0.1) is 13.8 Å². The first-order chi connectivity index (χ1) is 16.9. The first kappa shape index (κ1) is 23.5. The summed E-state index contributed by atoms with van der Waals surface area (Å²) in [5.41, 5.74) is 6.37. The molecular weight excluding hydrogens is 479 g/mol. The lowest BCUT2D eigenvalue weighted by Crippen LogP contribution is -2.49. The normalized spacial score (nSPS) is 13.8. The van der Waals surface area contributed by atoms with Crippen LogP contribution in [0.2, 0.25) is 10.0 Å². The van der Waals surface area contributed by atoms with Crippen LogP contribution in [0.1, 0.15) is 21.6 Å². The summed E-state index contributed by atoms with van der Waals surface area (Å²) in [4.78, 5) is 17.9. The molecule has 0 unspecified atom stereocenters. The fourth-order valence-corrected chi connectivity index (χ4v) is 4.79. The Morgan fingerprint density at radius 3 is 2.31 bits per heavy atom. The van der Waals surface area contributed by atoms with Crippen molar-refractivity contribution in [3.63, 3.8) is 0 Å². The van der Waals surface area contributed by atoms with Gasteiger partial charge in [0.25, 0.3) is 5.91 Å². The number of hydrogen-bond acceptors (Lipinski definition) is 3. The summed E-state index contributed by atoms with van der Waals surface area (Å²) in [6.07, 6.45) is 0. The number of carbonyl (C=O) groups excluding carboxylic acids is 1. The number of rotatable bonds is 4.